The van der Waals surface area contributed by atoms with E-state index in [1.165, 1.54) is 0 Å². The van der Waals surface area contributed by atoms with E-state index in [4.69, 9.17) is 16.9 Å². The molecule has 98 valence electrons. The summed E-state index contributed by atoms with van der Waals surface area (Å²) in [4.78, 5) is 0. The monoisotopic (exact) mass is 266 g/mol. The van der Waals surface area contributed by atoms with Crippen molar-refractivity contribution in [1.82, 2.24) is 0 Å². The van der Waals surface area contributed by atoms with Crippen LogP contribution >= 0.6 is 11.6 Å². The van der Waals surface area contributed by atoms with Crippen molar-refractivity contribution in [3.05, 3.63) is 28.8 Å². The number of hydrogen-bond donors (Lipinski definition) is 2. The molecule has 0 aromatic heterocycles. The molecule has 0 saturated carbocycles. The molecule has 0 aliphatic rings. The Labute approximate surface area is 113 Å². The molecule has 0 fully saturated rings. The molecule has 1 unspecified atom stereocenters. The highest BCUT2D eigenvalue weighted by Crippen LogP contribution is 2.22. The molecule has 4 heteroatoms. The van der Waals surface area contributed by atoms with Crippen LogP contribution in [-0.4, -0.2) is 17.3 Å². The maximum Gasteiger partial charge on any atom is 0.101 e. The van der Waals surface area contributed by atoms with Crippen molar-refractivity contribution in [1.29, 1.82) is 5.26 Å². The van der Waals surface area contributed by atoms with Crippen molar-refractivity contribution in [2.24, 2.45) is 5.92 Å². The average Bonchev–Trinajstić information content (AvgIpc) is 2.25. The summed E-state index contributed by atoms with van der Waals surface area (Å²) >= 11 is 5.83. The molecule has 0 spiro atoms. The molecule has 1 aromatic carbocycles. The molecule has 3 nitrogen and oxygen atoms in total. The summed E-state index contributed by atoms with van der Waals surface area (Å²) in [6, 6.07) is 7.18. The average molecular weight is 267 g/mol. The minimum atomic E-state index is -0.791. The van der Waals surface area contributed by atoms with Crippen LogP contribution < -0.4 is 5.32 Å². The van der Waals surface area contributed by atoms with Crippen molar-refractivity contribution in [3.8, 4) is 6.07 Å². The maximum atomic E-state index is 10.2. The second-order valence-electron chi connectivity index (χ2n) is 5.25. The largest absolute Gasteiger partial charge is 0.388 e. The van der Waals surface area contributed by atoms with E-state index >= 15 is 0 Å². The van der Waals surface area contributed by atoms with Gasteiger partial charge in [0.15, 0.2) is 0 Å². The lowest BCUT2D eigenvalue weighted by atomic mass is 9.94. The molecule has 0 radical (unpaired) electrons. The zero-order valence-electron chi connectivity index (χ0n) is 11.0. The first-order valence-electron chi connectivity index (χ1n) is 6.00. The van der Waals surface area contributed by atoms with Gasteiger partial charge in [0.1, 0.15) is 6.07 Å². The lowest BCUT2D eigenvalue weighted by molar-refractivity contribution is 0.0515. The Bertz CT molecular complexity index is 450. The SMILES string of the molecule is CC(C)CC(C)(O)CNc1ccc(Cl)cc1C#N. The summed E-state index contributed by atoms with van der Waals surface area (Å²) < 4.78 is 0. The topological polar surface area (TPSA) is 56.0 Å². The lowest BCUT2D eigenvalue weighted by Gasteiger charge is -2.26. The number of rotatable bonds is 5. The smallest absolute Gasteiger partial charge is 0.101 e. The van der Waals surface area contributed by atoms with Crippen LogP contribution in [0.4, 0.5) is 5.69 Å². The summed E-state index contributed by atoms with van der Waals surface area (Å²) in [5.74, 6) is 0.419. The highest BCUT2D eigenvalue weighted by atomic mass is 35.5. The van der Waals surface area contributed by atoms with Gasteiger partial charge >= 0.3 is 0 Å². The van der Waals surface area contributed by atoms with Crippen LogP contribution in [0.15, 0.2) is 18.2 Å². The Kier molecular flexibility index (Phi) is 5.01. The maximum absolute atomic E-state index is 10.2. The molecular formula is C14H19ClN2O. The van der Waals surface area contributed by atoms with E-state index in [1.54, 1.807) is 25.1 Å². The Morgan fingerprint density at radius 3 is 2.72 bits per heavy atom. The molecule has 0 aliphatic heterocycles. The highest BCUT2D eigenvalue weighted by Gasteiger charge is 2.21. The molecule has 1 rings (SSSR count). The van der Waals surface area contributed by atoms with Gasteiger partial charge in [0, 0.05) is 11.6 Å². The minimum absolute atomic E-state index is 0.404. The van der Waals surface area contributed by atoms with Gasteiger partial charge in [-0.05, 0) is 37.5 Å². The zero-order valence-corrected chi connectivity index (χ0v) is 11.8. The fourth-order valence-corrected chi connectivity index (χ4v) is 2.17. The van der Waals surface area contributed by atoms with Crippen molar-refractivity contribution >= 4 is 17.3 Å². The Balaban J connectivity index is 2.72. The van der Waals surface area contributed by atoms with Gasteiger partial charge in [-0.1, -0.05) is 25.4 Å². The molecule has 0 aliphatic carbocycles. The van der Waals surface area contributed by atoms with E-state index in [-0.39, 0.29) is 0 Å². The fraction of sp³-hybridized carbons (Fsp3) is 0.500. The number of nitriles is 1. The molecular weight excluding hydrogens is 248 g/mol. The van der Waals surface area contributed by atoms with E-state index in [2.05, 4.69) is 25.2 Å². The number of aliphatic hydroxyl groups is 1. The minimum Gasteiger partial charge on any atom is -0.388 e. The first-order chi connectivity index (χ1) is 8.34. The van der Waals surface area contributed by atoms with Crippen LogP contribution in [0, 0.1) is 17.2 Å². The van der Waals surface area contributed by atoms with Crippen molar-refractivity contribution in [2.45, 2.75) is 32.8 Å². The zero-order chi connectivity index (χ0) is 13.8. The molecule has 0 saturated heterocycles. The van der Waals surface area contributed by atoms with Crippen molar-refractivity contribution in [3.63, 3.8) is 0 Å². The van der Waals surface area contributed by atoms with Gasteiger partial charge < -0.3 is 10.4 Å². The molecule has 0 heterocycles. The van der Waals surface area contributed by atoms with Crippen LogP contribution in [0.5, 0.6) is 0 Å². The lowest BCUT2D eigenvalue weighted by Crippen LogP contribution is -2.35. The Hall–Kier alpha value is -1.24. The normalized spacial score (nSPS) is 14.1. The third-order valence-electron chi connectivity index (χ3n) is 2.61. The Morgan fingerprint density at radius 2 is 2.17 bits per heavy atom. The van der Waals surface area contributed by atoms with Gasteiger partial charge in [0.25, 0.3) is 0 Å². The van der Waals surface area contributed by atoms with E-state index in [0.717, 1.165) is 0 Å². The summed E-state index contributed by atoms with van der Waals surface area (Å²) in [7, 11) is 0. The standard InChI is InChI=1S/C14H19ClN2O/c1-10(2)7-14(3,18)9-17-13-5-4-12(15)6-11(13)8-16/h4-6,10,17-18H,7,9H2,1-3H3. The first kappa shape index (κ1) is 14.8. The summed E-state index contributed by atoms with van der Waals surface area (Å²) in [6.45, 7) is 6.33. The number of anilines is 1. The molecule has 1 aromatic rings. The van der Waals surface area contributed by atoms with E-state index < -0.39 is 5.60 Å². The van der Waals surface area contributed by atoms with Crippen LogP contribution in [-0.2, 0) is 0 Å². The van der Waals surface area contributed by atoms with Crippen LogP contribution in [0.3, 0.4) is 0 Å². The van der Waals surface area contributed by atoms with E-state index in [0.29, 0.717) is 35.2 Å². The van der Waals surface area contributed by atoms with Gasteiger partial charge in [0.05, 0.1) is 16.9 Å². The third-order valence-corrected chi connectivity index (χ3v) is 2.84. The molecule has 0 amide bonds. The van der Waals surface area contributed by atoms with Crippen LogP contribution in [0.1, 0.15) is 32.8 Å². The molecule has 2 N–H and O–H groups in total. The second-order valence-corrected chi connectivity index (χ2v) is 5.69. The van der Waals surface area contributed by atoms with Gasteiger partial charge in [-0.2, -0.15) is 5.26 Å². The summed E-state index contributed by atoms with van der Waals surface area (Å²) in [5.41, 5.74) is 0.398. The summed E-state index contributed by atoms with van der Waals surface area (Å²) in [6.07, 6.45) is 0.704. The second kappa shape index (κ2) is 6.08. The van der Waals surface area contributed by atoms with Crippen molar-refractivity contribution < 1.29 is 5.11 Å². The quantitative estimate of drug-likeness (QED) is 0.859. The fourth-order valence-electron chi connectivity index (χ4n) is 2.00. The van der Waals surface area contributed by atoms with Crippen LogP contribution in [0.25, 0.3) is 0 Å². The first-order valence-corrected chi connectivity index (χ1v) is 6.38. The predicted octanol–water partition coefficient (Wildman–Crippen LogP) is 3.42. The molecule has 18 heavy (non-hydrogen) atoms. The van der Waals surface area contributed by atoms with Gasteiger partial charge in [-0.15, -0.1) is 0 Å². The van der Waals surface area contributed by atoms with Gasteiger partial charge in [-0.25, -0.2) is 0 Å². The third kappa shape index (κ3) is 4.56. The number of nitrogens with one attached hydrogen (secondary N) is 1. The number of benzene rings is 1. The molecule has 1 atom stereocenters. The highest BCUT2D eigenvalue weighted by molar-refractivity contribution is 6.30. The number of hydrogen-bond acceptors (Lipinski definition) is 3. The molecule has 0 bridgehead atoms. The van der Waals surface area contributed by atoms with E-state index in [9.17, 15) is 5.11 Å². The number of halogens is 1. The summed E-state index contributed by atoms with van der Waals surface area (Å²) in [5, 5.41) is 22.8. The van der Waals surface area contributed by atoms with Gasteiger partial charge in [0.2, 0.25) is 0 Å². The van der Waals surface area contributed by atoms with E-state index in [1.807, 2.05) is 0 Å². The van der Waals surface area contributed by atoms with Gasteiger partial charge in [-0.3, -0.25) is 0 Å². The Morgan fingerprint density at radius 1 is 1.50 bits per heavy atom. The number of nitrogens with zero attached hydrogens (tertiary/aromatic N) is 1. The van der Waals surface area contributed by atoms with Crippen molar-refractivity contribution in [2.75, 3.05) is 11.9 Å². The van der Waals surface area contributed by atoms with Crippen LogP contribution in [0.2, 0.25) is 5.02 Å². The predicted molar refractivity (Wildman–Crippen MR) is 74.7 cm³/mol.